The van der Waals surface area contributed by atoms with E-state index in [9.17, 15) is 5.11 Å². The number of rotatable bonds is 2. The topological polar surface area (TPSA) is 32.7 Å². The highest BCUT2D eigenvalue weighted by molar-refractivity contribution is 5.24. The van der Waals surface area contributed by atoms with Gasteiger partial charge in [-0.3, -0.25) is 4.84 Å². The Labute approximate surface area is 102 Å². The molecule has 1 saturated heterocycles. The summed E-state index contributed by atoms with van der Waals surface area (Å²) < 4.78 is 0. The first-order valence-corrected chi connectivity index (χ1v) is 6.33. The minimum absolute atomic E-state index is 0.101. The van der Waals surface area contributed by atoms with E-state index < -0.39 is 0 Å². The molecule has 3 atom stereocenters. The van der Waals surface area contributed by atoms with Crippen molar-refractivity contribution in [3.63, 3.8) is 0 Å². The molecule has 3 nitrogen and oxygen atoms in total. The van der Waals surface area contributed by atoms with Crippen LogP contribution in [0.2, 0.25) is 0 Å². The molecule has 1 N–H and O–H groups in total. The smallest absolute Gasteiger partial charge is 0.0890 e. The van der Waals surface area contributed by atoms with Gasteiger partial charge in [-0.2, -0.15) is 5.06 Å². The monoisotopic (exact) mass is 233 g/mol. The molecule has 0 aromatic heterocycles. The number of aliphatic hydroxyl groups is 1. The first-order chi connectivity index (χ1) is 8.28. The molecule has 3 heteroatoms. The number of nitrogens with zero attached hydrogens (tertiary/aromatic N) is 1. The van der Waals surface area contributed by atoms with E-state index in [1.807, 2.05) is 18.2 Å². The first-order valence-electron chi connectivity index (χ1n) is 6.33. The van der Waals surface area contributed by atoms with Gasteiger partial charge < -0.3 is 5.11 Å². The summed E-state index contributed by atoms with van der Waals surface area (Å²) in [6.07, 6.45) is 3.46. The van der Waals surface area contributed by atoms with E-state index >= 15 is 0 Å². The van der Waals surface area contributed by atoms with Gasteiger partial charge in [0.15, 0.2) is 0 Å². The maximum absolute atomic E-state index is 9.87. The fourth-order valence-electron chi connectivity index (χ4n) is 3.60. The molecule has 1 saturated carbocycles. The van der Waals surface area contributed by atoms with E-state index in [1.165, 1.54) is 5.56 Å². The van der Waals surface area contributed by atoms with Crippen molar-refractivity contribution in [3.8, 4) is 0 Å². The lowest BCUT2D eigenvalue weighted by Gasteiger charge is -2.32. The lowest BCUT2D eigenvalue weighted by atomic mass is 9.75. The Morgan fingerprint density at radius 1 is 1.41 bits per heavy atom. The Balaban J connectivity index is 2.02. The number of hydrogen-bond acceptors (Lipinski definition) is 3. The lowest BCUT2D eigenvalue weighted by Crippen LogP contribution is -2.36. The molecule has 92 valence electrons. The number of aliphatic hydroxyl groups excluding tert-OH is 1. The zero-order chi connectivity index (χ0) is 11.9. The third-order valence-corrected chi connectivity index (χ3v) is 4.36. The molecule has 17 heavy (non-hydrogen) atoms. The van der Waals surface area contributed by atoms with Gasteiger partial charge in [-0.15, -0.1) is 0 Å². The van der Waals surface area contributed by atoms with Crippen molar-refractivity contribution >= 4 is 0 Å². The maximum Gasteiger partial charge on any atom is 0.0890 e. The van der Waals surface area contributed by atoms with Crippen molar-refractivity contribution in [3.05, 3.63) is 35.9 Å². The largest absolute Gasteiger partial charge is 0.396 e. The number of hydroxylamine groups is 2. The summed E-state index contributed by atoms with van der Waals surface area (Å²) >= 11 is 0. The molecule has 1 aromatic carbocycles. The third kappa shape index (κ3) is 1.53. The molecule has 1 heterocycles. The van der Waals surface area contributed by atoms with E-state index in [0.29, 0.717) is 0 Å². The lowest BCUT2D eigenvalue weighted by molar-refractivity contribution is -0.145. The Kier molecular flexibility index (Phi) is 2.69. The van der Waals surface area contributed by atoms with Crippen LogP contribution in [0.15, 0.2) is 30.3 Å². The van der Waals surface area contributed by atoms with Crippen LogP contribution in [-0.4, -0.2) is 29.9 Å². The molecule has 1 aromatic rings. The quantitative estimate of drug-likeness (QED) is 0.849. The van der Waals surface area contributed by atoms with Crippen molar-refractivity contribution in [2.75, 3.05) is 13.7 Å². The fourth-order valence-corrected chi connectivity index (χ4v) is 3.60. The van der Waals surface area contributed by atoms with Crippen LogP contribution in [-0.2, 0) is 4.84 Å². The summed E-state index contributed by atoms with van der Waals surface area (Å²) in [6, 6.07) is 10.6. The molecule has 2 aliphatic rings. The van der Waals surface area contributed by atoms with E-state index in [4.69, 9.17) is 4.84 Å². The summed E-state index contributed by atoms with van der Waals surface area (Å²) in [5.41, 5.74) is 1.14. The van der Waals surface area contributed by atoms with Crippen molar-refractivity contribution in [1.29, 1.82) is 0 Å². The Morgan fingerprint density at radius 2 is 2.18 bits per heavy atom. The molecule has 3 rings (SSSR count). The molecule has 1 aliphatic carbocycles. The third-order valence-electron chi connectivity index (χ3n) is 4.36. The highest BCUT2D eigenvalue weighted by Crippen LogP contribution is 2.55. The SMILES string of the molecule is CN1O[C@@H]2CCC[C@]2(CO)[C@@H]1c1ccccc1. The van der Waals surface area contributed by atoms with Crippen LogP contribution in [0.25, 0.3) is 0 Å². The molecule has 1 aliphatic heterocycles. The van der Waals surface area contributed by atoms with Gasteiger partial charge in [0, 0.05) is 12.5 Å². The highest BCUT2D eigenvalue weighted by atomic mass is 16.7. The second-order valence-corrected chi connectivity index (χ2v) is 5.24. The summed E-state index contributed by atoms with van der Waals surface area (Å²) in [5, 5.41) is 11.8. The van der Waals surface area contributed by atoms with Gasteiger partial charge in [-0.05, 0) is 24.8 Å². The minimum Gasteiger partial charge on any atom is -0.396 e. The standard InChI is InChI=1S/C14H19NO2/c1-15-13(11-6-3-2-4-7-11)14(10-16)9-5-8-12(14)17-15/h2-4,6-7,12-13,16H,5,8-10H2,1H3/t12-,13+,14-/m1/s1. The Bertz CT molecular complexity index is 394. The van der Waals surface area contributed by atoms with Crippen LogP contribution in [0.1, 0.15) is 30.9 Å². The molecule has 0 amide bonds. The molecule has 2 fully saturated rings. The van der Waals surface area contributed by atoms with Gasteiger partial charge in [-0.1, -0.05) is 30.3 Å². The van der Waals surface area contributed by atoms with Crippen LogP contribution < -0.4 is 0 Å². The van der Waals surface area contributed by atoms with Gasteiger partial charge in [0.1, 0.15) is 0 Å². The van der Waals surface area contributed by atoms with Crippen molar-refractivity contribution in [1.82, 2.24) is 5.06 Å². The predicted octanol–water partition coefficient (Wildman–Crippen LogP) is 2.14. The Morgan fingerprint density at radius 3 is 2.88 bits per heavy atom. The van der Waals surface area contributed by atoms with Crippen LogP contribution >= 0.6 is 0 Å². The van der Waals surface area contributed by atoms with Crippen LogP contribution in [0, 0.1) is 5.41 Å². The normalized spacial score (nSPS) is 37.3. The average Bonchev–Trinajstić information content (AvgIpc) is 2.85. The molecule has 0 unspecified atom stereocenters. The van der Waals surface area contributed by atoms with E-state index in [-0.39, 0.29) is 24.2 Å². The summed E-state index contributed by atoms with van der Waals surface area (Å²) in [7, 11) is 1.98. The first kappa shape index (κ1) is 11.2. The van der Waals surface area contributed by atoms with Crippen LogP contribution in [0.5, 0.6) is 0 Å². The minimum atomic E-state index is -0.101. The predicted molar refractivity (Wildman–Crippen MR) is 65.2 cm³/mol. The fraction of sp³-hybridized carbons (Fsp3) is 0.571. The number of fused-ring (bicyclic) bond motifs is 1. The van der Waals surface area contributed by atoms with E-state index in [1.54, 1.807) is 0 Å². The number of hydrogen-bond donors (Lipinski definition) is 1. The molecular weight excluding hydrogens is 214 g/mol. The Hall–Kier alpha value is -0.900. The van der Waals surface area contributed by atoms with Crippen molar-refractivity contribution in [2.45, 2.75) is 31.4 Å². The summed E-state index contributed by atoms with van der Waals surface area (Å²) in [4.78, 5) is 5.92. The molecule has 0 radical (unpaired) electrons. The van der Waals surface area contributed by atoms with E-state index in [2.05, 4.69) is 24.3 Å². The second kappa shape index (κ2) is 4.09. The van der Waals surface area contributed by atoms with Crippen LogP contribution in [0.3, 0.4) is 0 Å². The van der Waals surface area contributed by atoms with Gasteiger partial charge >= 0.3 is 0 Å². The van der Waals surface area contributed by atoms with E-state index in [0.717, 1.165) is 19.3 Å². The van der Waals surface area contributed by atoms with Gasteiger partial charge in [-0.25, -0.2) is 0 Å². The molecular formula is C14H19NO2. The average molecular weight is 233 g/mol. The summed E-state index contributed by atoms with van der Waals surface area (Å²) in [6.45, 7) is 0.210. The highest BCUT2D eigenvalue weighted by Gasteiger charge is 2.57. The maximum atomic E-state index is 9.87. The van der Waals surface area contributed by atoms with Crippen molar-refractivity contribution < 1.29 is 9.94 Å². The van der Waals surface area contributed by atoms with Crippen LogP contribution in [0.4, 0.5) is 0 Å². The number of benzene rings is 1. The zero-order valence-electron chi connectivity index (χ0n) is 10.2. The summed E-state index contributed by atoms with van der Waals surface area (Å²) in [5.74, 6) is 0. The zero-order valence-corrected chi connectivity index (χ0v) is 10.2. The molecule has 0 bridgehead atoms. The second-order valence-electron chi connectivity index (χ2n) is 5.24. The van der Waals surface area contributed by atoms with Gasteiger partial charge in [0.2, 0.25) is 0 Å². The van der Waals surface area contributed by atoms with Gasteiger partial charge in [0.25, 0.3) is 0 Å². The molecule has 0 spiro atoms. The van der Waals surface area contributed by atoms with Crippen molar-refractivity contribution in [2.24, 2.45) is 5.41 Å². The van der Waals surface area contributed by atoms with Gasteiger partial charge in [0.05, 0.1) is 18.8 Å².